The van der Waals surface area contributed by atoms with E-state index in [0.717, 1.165) is 19.3 Å². The molecule has 0 radical (unpaired) electrons. The van der Waals surface area contributed by atoms with E-state index < -0.39 is 0 Å². The SMILES string of the molecule is C/C=C\C1=C(C)CCCC1NC(=O)Nc1ccccc1Cl. The van der Waals surface area contributed by atoms with E-state index in [1.807, 2.05) is 25.1 Å². The van der Waals surface area contributed by atoms with E-state index in [1.165, 1.54) is 11.1 Å². The van der Waals surface area contributed by atoms with Crippen molar-refractivity contribution in [2.75, 3.05) is 5.32 Å². The van der Waals surface area contributed by atoms with Gasteiger partial charge in [-0.15, -0.1) is 0 Å². The van der Waals surface area contributed by atoms with Crippen LogP contribution >= 0.6 is 11.6 Å². The molecule has 2 rings (SSSR count). The van der Waals surface area contributed by atoms with Crippen LogP contribution in [0, 0.1) is 0 Å². The molecule has 1 aliphatic carbocycles. The third-order valence-electron chi connectivity index (χ3n) is 3.69. The average molecular weight is 305 g/mol. The standard InChI is InChI=1S/C17H21ClN2O/c1-3-7-13-12(2)8-6-11-15(13)19-17(21)20-16-10-5-4-9-14(16)18/h3-5,7,9-10,15H,6,8,11H2,1-2H3,(H2,19,20,21)/b7-3-. The molecule has 3 nitrogen and oxygen atoms in total. The number of halogens is 1. The highest BCUT2D eigenvalue weighted by Gasteiger charge is 2.21. The van der Waals surface area contributed by atoms with Crippen molar-refractivity contribution < 1.29 is 4.79 Å². The summed E-state index contributed by atoms with van der Waals surface area (Å²) < 4.78 is 0. The van der Waals surface area contributed by atoms with Crippen LogP contribution in [0.3, 0.4) is 0 Å². The van der Waals surface area contributed by atoms with Crippen LogP contribution in [0.15, 0.2) is 47.6 Å². The fraction of sp³-hybridized carbons (Fsp3) is 0.353. The van der Waals surface area contributed by atoms with Crippen LogP contribution in [0.2, 0.25) is 5.02 Å². The molecule has 0 spiro atoms. The second kappa shape index (κ2) is 7.32. The zero-order valence-electron chi connectivity index (χ0n) is 12.4. The lowest BCUT2D eigenvalue weighted by Crippen LogP contribution is -2.40. The molecule has 4 heteroatoms. The van der Waals surface area contributed by atoms with E-state index in [0.29, 0.717) is 10.7 Å². The molecule has 1 aromatic carbocycles. The van der Waals surface area contributed by atoms with Gasteiger partial charge in [-0.05, 0) is 50.8 Å². The van der Waals surface area contributed by atoms with Crippen molar-refractivity contribution >= 4 is 23.3 Å². The van der Waals surface area contributed by atoms with Gasteiger partial charge in [-0.1, -0.05) is 41.5 Å². The molecule has 1 atom stereocenters. The van der Waals surface area contributed by atoms with Crippen molar-refractivity contribution in [3.8, 4) is 0 Å². The van der Waals surface area contributed by atoms with Crippen molar-refractivity contribution in [2.45, 2.75) is 39.2 Å². The van der Waals surface area contributed by atoms with Gasteiger partial charge in [0.05, 0.1) is 16.8 Å². The summed E-state index contributed by atoms with van der Waals surface area (Å²) in [5, 5.41) is 6.39. The zero-order chi connectivity index (χ0) is 15.2. The van der Waals surface area contributed by atoms with Crippen molar-refractivity contribution in [1.82, 2.24) is 5.32 Å². The molecule has 0 saturated heterocycles. The van der Waals surface area contributed by atoms with E-state index in [9.17, 15) is 4.79 Å². The van der Waals surface area contributed by atoms with Crippen molar-refractivity contribution in [2.24, 2.45) is 0 Å². The fourth-order valence-corrected chi connectivity index (χ4v) is 2.82. The number of nitrogens with one attached hydrogen (secondary N) is 2. The minimum absolute atomic E-state index is 0.0671. The summed E-state index contributed by atoms with van der Waals surface area (Å²) in [6.45, 7) is 4.13. The summed E-state index contributed by atoms with van der Waals surface area (Å²) in [4.78, 5) is 12.2. The molecule has 1 aliphatic rings. The maximum absolute atomic E-state index is 12.2. The molecular formula is C17H21ClN2O. The van der Waals surface area contributed by atoms with Crippen LogP contribution < -0.4 is 10.6 Å². The maximum atomic E-state index is 12.2. The first-order valence-corrected chi connectivity index (χ1v) is 7.64. The number of allylic oxidation sites excluding steroid dienone is 2. The number of rotatable bonds is 3. The Hall–Kier alpha value is -1.74. The van der Waals surface area contributed by atoms with Crippen LogP contribution in [0.4, 0.5) is 10.5 Å². The summed E-state index contributed by atoms with van der Waals surface area (Å²) in [5.74, 6) is 0. The van der Waals surface area contributed by atoms with Crippen molar-refractivity contribution in [3.05, 3.63) is 52.6 Å². The predicted octanol–water partition coefficient (Wildman–Crippen LogP) is 4.91. The van der Waals surface area contributed by atoms with E-state index in [4.69, 9.17) is 11.6 Å². The molecule has 0 saturated carbocycles. The molecule has 1 unspecified atom stereocenters. The molecule has 2 amide bonds. The Labute approximate surface area is 131 Å². The lowest BCUT2D eigenvalue weighted by atomic mass is 9.88. The van der Waals surface area contributed by atoms with Gasteiger partial charge in [-0.3, -0.25) is 0 Å². The highest BCUT2D eigenvalue weighted by atomic mass is 35.5. The first-order chi connectivity index (χ1) is 10.1. The van der Waals surface area contributed by atoms with Crippen LogP contribution in [0.1, 0.15) is 33.1 Å². The molecule has 2 N–H and O–H groups in total. The van der Waals surface area contributed by atoms with Crippen molar-refractivity contribution in [3.63, 3.8) is 0 Å². The Morgan fingerprint density at radius 3 is 2.86 bits per heavy atom. The number of anilines is 1. The number of carbonyl (C=O) groups is 1. The molecular weight excluding hydrogens is 284 g/mol. The first-order valence-electron chi connectivity index (χ1n) is 7.26. The van der Waals surface area contributed by atoms with Gasteiger partial charge in [-0.25, -0.2) is 4.79 Å². The topological polar surface area (TPSA) is 41.1 Å². The van der Waals surface area contributed by atoms with Crippen molar-refractivity contribution in [1.29, 1.82) is 0 Å². The molecule has 0 bridgehead atoms. The van der Waals surface area contributed by atoms with E-state index >= 15 is 0 Å². The highest BCUT2D eigenvalue weighted by Crippen LogP contribution is 2.26. The number of para-hydroxylation sites is 1. The average Bonchev–Trinajstić information content (AvgIpc) is 2.45. The first kappa shape index (κ1) is 15.6. The van der Waals surface area contributed by atoms with Gasteiger partial charge in [0.2, 0.25) is 0 Å². The number of amides is 2. The Morgan fingerprint density at radius 2 is 2.14 bits per heavy atom. The molecule has 21 heavy (non-hydrogen) atoms. The smallest absolute Gasteiger partial charge is 0.319 e. The number of hydrogen-bond acceptors (Lipinski definition) is 1. The third-order valence-corrected chi connectivity index (χ3v) is 4.02. The van der Waals surface area contributed by atoms with Gasteiger partial charge in [0.15, 0.2) is 0 Å². The highest BCUT2D eigenvalue weighted by molar-refractivity contribution is 6.33. The number of benzene rings is 1. The Balaban J connectivity index is 2.05. The van der Waals surface area contributed by atoms with E-state index in [1.54, 1.807) is 12.1 Å². The monoisotopic (exact) mass is 304 g/mol. The maximum Gasteiger partial charge on any atom is 0.319 e. The Kier molecular flexibility index (Phi) is 5.45. The summed E-state index contributed by atoms with van der Waals surface area (Å²) >= 11 is 6.05. The van der Waals surface area contributed by atoms with Crippen LogP contribution in [0.25, 0.3) is 0 Å². The van der Waals surface area contributed by atoms with Gasteiger partial charge < -0.3 is 10.6 Å². The van der Waals surface area contributed by atoms with Gasteiger partial charge in [0, 0.05) is 0 Å². The summed E-state index contributed by atoms with van der Waals surface area (Å²) in [6, 6.07) is 7.08. The normalized spacial score (nSPS) is 18.9. The Morgan fingerprint density at radius 1 is 1.38 bits per heavy atom. The van der Waals surface area contributed by atoms with E-state index in [-0.39, 0.29) is 12.1 Å². The second-order valence-electron chi connectivity index (χ2n) is 5.26. The number of carbonyl (C=O) groups excluding carboxylic acids is 1. The van der Waals surface area contributed by atoms with Crippen LogP contribution in [-0.4, -0.2) is 12.1 Å². The van der Waals surface area contributed by atoms with Gasteiger partial charge in [-0.2, -0.15) is 0 Å². The molecule has 0 aliphatic heterocycles. The minimum atomic E-state index is -0.218. The number of hydrogen-bond donors (Lipinski definition) is 2. The lowest BCUT2D eigenvalue weighted by molar-refractivity contribution is 0.249. The lowest BCUT2D eigenvalue weighted by Gasteiger charge is -2.26. The minimum Gasteiger partial charge on any atom is -0.331 e. The van der Waals surface area contributed by atoms with Crippen LogP contribution in [0.5, 0.6) is 0 Å². The molecule has 112 valence electrons. The molecule has 0 aromatic heterocycles. The summed E-state index contributed by atoms with van der Waals surface area (Å²) in [5.41, 5.74) is 3.20. The fourth-order valence-electron chi connectivity index (χ4n) is 2.64. The second-order valence-corrected chi connectivity index (χ2v) is 5.67. The number of urea groups is 1. The van der Waals surface area contributed by atoms with Gasteiger partial charge >= 0.3 is 6.03 Å². The molecule has 1 aromatic rings. The third kappa shape index (κ3) is 4.11. The van der Waals surface area contributed by atoms with Gasteiger partial charge in [0.25, 0.3) is 0 Å². The zero-order valence-corrected chi connectivity index (χ0v) is 13.2. The van der Waals surface area contributed by atoms with Gasteiger partial charge in [0.1, 0.15) is 0 Å². The predicted molar refractivity (Wildman–Crippen MR) is 88.8 cm³/mol. The summed E-state index contributed by atoms with van der Waals surface area (Å²) in [7, 11) is 0. The molecule has 0 fully saturated rings. The quantitative estimate of drug-likeness (QED) is 0.818. The molecule has 0 heterocycles. The van der Waals surface area contributed by atoms with Crippen LogP contribution in [-0.2, 0) is 0 Å². The summed E-state index contributed by atoms with van der Waals surface area (Å²) in [6.07, 6.45) is 7.28. The Bertz CT molecular complexity index is 578. The van der Waals surface area contributed by atoms with E-state index in [2.05, 4.69) is 23.6 Å². The largest absolute Gasteiger partial charge is 0.331 e.